The molecule has 2 N–H and O–H groups in total. The van der Waals surface area contributed by atoms with Crippen LogP contribution in [0.3, 0.4) is 0 Å². The summed E-state index contributed by atoms with van der Waals surface area (Å²) in [7, 11) is 7.28. The highest BCUT2D eigenvalue weighted by atomic mass is 16.6. The molecule has 3 aromatic rings. The van der Waals surface area contributed by atoms with Crippen molar-refractivity contribution in [2.24, 2.45) is 4.99 Å². The quantitative estimate of drug-likeness (QED) is 0.184. The normalized spacial score (nSPS) is 17.1. The fraction of sp³-hybridized carbons (Fsp3) is 0.238. The van der Waals surface area contributed by atoms with Gasteiger partial charge in [-0.1, -0.05) is 60.7 Å². The van der Waals surface area contributed by atoms with Crippen LogP contribution < -0.4 is 10.2 Å². The van der Waals surface area contributed by atoms with E-state index >= 15 is 0 Å². The van der Waals surface area contributed by atoms with Crippen LogP contribution in [-0.4, -0.2) is 73.4 Å². The predicted octanol–water partition coefficient (Wildman–Crippen LogP) is 6.13. The number of allylic oxidation sites excluding steroid dienone is 6. The standard InChI is InChI=1S/C42H42N4O8/c1-23-19-29(31(21-33(23)45(5)6)43-41(51)39(53-25(3)47)27-15-11-9-12-16-27)35-37(49)36(38(35)50)30-20-24(2)34(46(7)8)22-32(30)44-42(52)40(54-26(4)48)28-17-13-10-14-18-28/h9-22,39-40,49H,1-8H3,(H,43,51). The summed E-state index contributed by atoms with van der Waals surface area (Å²) in [4.78, 5) is 73.9. The molecule has 2 unspecified atom stereocenters. The Morgan fingerprint density at radius 1 is 0.759 bits per heavy atom. The molecule has 0 saturated heterocycles. The number of ether oxygens (including phenoxy) is 2. The number of carbonyl (C=O) groups is 5. The van der Waals surface area contributed by atoms with Gasteiger partial charge in [-0.25, -0.2) is 4.99 Å². The third-order valence-corrected chi connectivity index (χ3v) is 8.80. The van der Waals surface area contributed by atoms with Gasteiger partial charge in [-0.05, 0) is 49.3 Å². The molecule has 0 heterocycles. The van der Waals surface area contributed by atoms with Crippen LogP contribution in [0.1, 0.15) is 55.2 Å². The van der Waals surface area contributed by atoms with Gasteiger partial charge < -0.3 is 29.7 Å². The number of aryl methyl sites for hydroxylation is 1. The van der Waals surface area contributed by atoms with Crippen LogP contribution in [-0.2, 0) is 33.4 Å². The minimum Gasteiger partial charge on any atom is -0.506 e. The second kappa shape index (κ2) is 16.0. The summed E-state index contributed by atoms with van der Waals surface area (Å²) in [6, 6.07) is 20.3. The van der Waals surface area contributed by atoms with E-state index in [1.165, 1.54) is 13.8 Å². The Kier molecular flexibility index (Phi) is 11.4. The van der Waals surface area contributed by atoms with Gasteiger partial charge in [-0.3, -0.25) is 24.0 Å². The molecular formula is C42H42N4O8. The van der Waals surface area contributed by atoms with Crippen molar-refractivity contribution in [2.45, 2.75) is 39.9 Å². The molecule has 2 amide bonds. The lowest BCUT2D eigenvalue weighted by Gasteiger charge is -2.29. The number of nitrogens with one attached hydrogen (secondary N) is 1. The minimum absolute atomic E-state index is 0.0638. The molecule has 0 saturated carbocycles. The van der Waals surface area contributed by atoms with Crippen LogP contribution in [0.4, 0.5) is 11.4 Å². The third kappa shape index (κ3) is 8.07. The van der Waals surface area contributed by atoms with Gasteiger partial charge in [0.25, 0.3) is 11.8 Å². The maximum absolute atomic E-state index is 14.3. The van der Waals surface area contributed by atoms with Crippen molar-refractivity contribution in [3.05, 3.63) is 135 Å². The molecule has 5 rings (SSSR count). The first-order valence-electron chi connectivity index (χ1n) is 17.1. The van der Waals surface area contributed by atoms with Gasteiger partial charge in [0.1, 0.15) is 5.76 Å². The Balaban J connectivity index is 1.64. The lowest BCUT2D eigenvalue weighted by molar-refractivity contribution is -0.153. The summed E-state index contributed by atoms with van der Waals surface area (Å²) in [5, 5.41) is 14.6. The Bertz CT molecular complexity index is 2190. The Hall–Kier alpha value is -6.56. The SMILES string of the molecule is CC(=O)OC(C(=O)N=C1C=C(N(C)C)C(C)=CC1=C1C(=O)C(c2cc(C)c(N(C)C)cc2NC(=O)C(OC(C)=O)c2ccccc2)=C1O)c1ccccc1. The fourth-order valence-corrected chi connectivity index (χ4v) is 6.35. The minimum atomic E-state index is -1.35. The maximum Gasteiger partial charge on any atom is 0.303 e. The predicted molar refractivity (Wildman–Crippen MR) is 206 cm³/mol. The molecule has 278 valence electrons. The topological polar surface area (TPSA) is 155 Å². The lowest BCUT2D eigenvalue weighted by Crippen LogP contribution is -2.29. The Labute approximate surface area is 313 Å². The number of likely N-dealkylation sites (N-methyl/N-ethyl adjacent to an activating group) is 1. The monoisotopic (exact) mass is 730 g/mol. The number of Topliss-reactive ketones (excluding diaryl/α,β-unsaturated/α-hetero) is 1. The number of anilines is 2. The molecule has 0 spiro atoms. The highest BCUT2D eigenvalue weighted by Gasteiger charge is 2.40. The first-order chi connectivity index (χ1) is 25.6. The number of amides is 2. The second-order valence-corrected chi connectivity index (χ2v) is 13.3. The van der Waals surface area contributed by atoms with Gasteiger partial charge in [0.2, 0.25) is 18.0 Å². The zero-order valence-corrected chi connectivity index (χ0v) is 31.4. The molecule has 2 aliphatic carbocycles. The fourth-order valence-electron chi connectivity index (χ4n) is 6.35. The molecule has 0 fully saturated rings. The van der Waals surface area contributed by atoms with Gasteiger partial charge in [0.15, 0.2) is 0 Å². The van der Waals surface area contributed by atoms with Crippen molar-refractivity contribution in [3.63, 3.8) is 0 Å². The van der Waals surface area contributed by atoms with Crippen LogP contribution in [0.2, 0.25) is 0 Å². The number of hydrogen-bond donors (Lipinski definition) is 2. The summed E-state index contributed by atoms with van der Waals surface area (Å²) in [6.07, 6.45) is 0.648. The largest absolute Gasteiger partial charge is 0.506 e. The average Bonchev–Trinajstić information content (AvgIpc) is 3.11. The molecule has 0 bridgehead atoms. The van der Waals surface area contributed by atoms with Gasteiger partial charge in [0, 0.05) is 75.7 Å². The van der Waals surface area contributed by atoms with Crippen molar-refractivity contribution in [1.82, 2.24) is 4.90 Å². The summed E-state index contributed by atoms with van der Waals surface area (Å²) in [5.74, 6) is -3.72. The maximum atomic E-state index is 14.3. The van der Waals surface area contributed by atoms with E-state index in [2.05, 4.69) is 10.3 Å². The van der Waals surface area contributed by atoms with E-state index in [1.54, 1.807) is 84.9 Å². The van der Waals surface area contributed by atoms with Crippen molar-refractivity contribution < 1.29 is 38.6 Å². The molecule has 2 atom stereocenters. The van der Waals surface area contributed by atoms with E-state index in [0.717, 1.165) is 16.8 Å². The third-order valence-electron chi connectivity index (χ3n) is 8.80. The number of esters is 2. The number of benzene rings is 3. The molecular weight excluding hydrogens is 688 g/mol. The number of aliphatic imine (C=N–C) groups is 1. The van der Waals surface area contributed by atoms with E-state index < -0.39 is 41.7 Å². The molecule has 12 nitrogen and oxygen atoms in total. The van der Waals surface area contributed by atoms with Crippen LogP contribution in [0.5, 0.6) is 0 Å². The Morgan fingerprint density at radius 3 is 1.83 bits per heavy atom. The van der Waals surface area contributed by atoms with Crippen LogP contribution in [0, 0.1) is 6.92 Å². The lowest BCUT2D eigenvalue weighted by atomic mass is 9.77. The molecule has 0 aliphatic heterocycles. The number of rotatable bonds is 10. The number of ketones is 1. The Morgan fingerprint density at radius 2 is 1.31 bits per heavy atom. The van der Waals surface area contributed by atoms with Crippen molar-refractivity contribution in [3.8, 4) is 0 Å². The number of nitrogens with zero attached hydrogens (tertiary/aromatic N) is 3. The number of hydrogen-bond acceptors (Lipinski definition) is 10. The van der Waals surface area contributed by atoms with E-state index in [-0.39, 0.29) is 39.4 Å². The summed E-state index contributed by atoms with van der Waals surface area (Å²) in [5.41, 5.74) is 4.32. The summed E-state index contributed by atoms with van der Waals surface area (Å²) >= 11 is 0. The van der Waals surface area contributed by atoms with E-state index in [9.17, 15) is 29.1 Å². The van der Waals surface area contributed by atoms with Crippen molar-refractivity contribution >= 4 is 52.2 Å². The molecule has 0 aromatic heterocycles. The summed E-state index contributed by atoms with van der Waals surface area (Å²) < 4.78 is 10.8. The highest BCUT2D eigenvalue weighted by Crippen LogP contribution is 2.44. The van der Waals surface area contributed by atoms with Crippen LogP contribution in [0.25, 0.3) is 5.57 Å². The molecule has 54 heavy (non-hydrogen) atoms. The zero-order chi connectivity index (χ0) is 39.4. The van der Waals surface area contributed by atoms with Crippen molar-refractivity contribution in [1.29, 1.82) is 0 Å². The smallest absolute Gasteiger partial charge is 0.303 e. The number of aliphatic hydroxyl groups excluding tert-OH is 1. The van der Waals surface area contributed by atoms with E-state index in [1.807, 2.05) is 51.8 Å². The summed E-state index contributed by atoms with van der Waals surface area (Å²) in [6.45, 7) is 6.06. The number of aliphatic hydroxyl groups is 1. The second-order valence-electron chi connectivity index (χ2n) is 13.3. The van der Waals surface area contributed by atoms with Crippen LogP contribution >= 0.6 is 0 Å². The van der Waals surface area contributed by atoms with Gasteiger partial charge in [0.05, 0.1) is 22.5 Å². The molecule has 0 radical (unpaired) electrons. The highest BCUT2D eigenvalue weighted by molar-refractivity contribution is 6.42. The van der Waals surface area contributed by atoms with Crippen LogP contribution in [0.15, 0.2) is 118 Å². The van der Waals surface area contributed by atoms with Gasteiger partial charge in [-0.2, -0.15) is 0 Å². The zero-order valence-electron chi connectivity index (χ0n) is 31.4. The average molecular weight is 731 g/mol. The van der Waals surface area contributed by atoms with E-state index in [0.29, 0.717) is 16.8 Å². The first-order valence-corrected chi connectivity index (χ1v) is 17.1. The van der Waals surface area contributed by atoms with Crippen molar-refractivity contribution in [2.75, 3.05) is 38.4 Å². The van der Waals surface area contributed by atoms with E-state index in [4.69, 9.17) is 9.47 Å². The van der Waals surface area contributed by atoms with Gasteiger partial charge in [-0.15, -0.1) is 0 Å². The molecule has 3 aromatic carbocycles. The molecule has 12 heteroatoms. The van der Waals surface area contributed by atoms with Gasteiger partial charge >= 0.3 is 11.9 Å². The molecule has 2 aliphatic rings. The number of carbonyl (C=O) groups excluding carboxylic acids is 5. The first kappa shape index (κ1) is 38.7.